The molecule has 1 aromatic carbocycles. The predicted molar refractivity (Wildman–Crippen MR) is 81.1 cm³/mol. The highest BCUT2D eigenvalue weighted by molar-refractivity contribution is 6.05. The van der Waals surface area contributed by atoms with Crippen LogP contribution in [0.5, 0.6) is 0 Å². The minimum absolute atomic E-state index is 0.00199. The van der Waals surface area contributed by atoms with Gasteiger partial charge < -0.3 is 10.4 Å². The van der Waals surface area contributed by atoms with Crippen LogP contribution in [0.1, 0.15) is 29.6 Å². The van der Waals surface area contributed by atoms with Crippen molar-refractivity contribution in [1.82, 2.24) is 10.6 Å². The van der Waals surface area contributed by atoms with E-state index < -0.39 is 12.0 Å². The van der Waals surface area contributed by atoms with Crippen molar-refractivity contribution in [1.29, 1.82) is 0 Å². The van der Waals surface area contributed by atoms with Crippen LogP contribution in [-0.4, -0.2) is 42.0 Å². The third-order valence-electron chi connectivity index (χ3n) is 3.35. The lowest BCUT2D eigenvalue weighted by atomic mass is 10.1. The molecule has 1 aliphatic rings. The molecule has 0 unspecified atom stereocenters. The number of urea groups is 1. The van der Waals surface area contributed by atoms with Crippen molar-refractivity contribution < 1.29 is 24.3 Å². The number of anilines is 1. The molecular formula is C15H17N3O5. The van der Waals surface area contributed by atoms with E-state index in [1.165, 1.54) is 4.90 Å². The molecule has 0 aromatic heterocycles. The standard InChI is InChI=1S/C15H17N3O5/c19-12-7-9-18(15(23)17-12)11-5-3-10(4-6-11)14(22)16-8-1-2-13(20)21/h3-6H,1-2,7-9H2,(H,16,22)(H,20,21)(H,17,19,23). The SMILES string of the molecule is O=C(O)CCCNC(=O)c1ccc(N2CCC(=O)NC2=O)cc1. The fourth-order valence-corrected chi connectivity index (χ4v) is 2.15. The van der Waals surface area contributed by atoms with Gasteiger partial charge in [0.25, 0.3) is 5.91 Å². The Bertz CT molecular complexity index is 627. The largest absolute Gasteiger partial charge is 0.481 e. The van der Waals surface area contributed by atoms with Crippen molar-refractivity contribution in [3.63, 3.8) is 0 Å². The number of imide groups is 1. The average molecular weight is 319 g/mol. The van der Waals surface area contributed by atoms with Crippen LogP contribution in [0.15, 0.2) is 24.3 Å². The van der Waals surface area contributed by atoms with Crippen LogP contribution >= 0.6 is 0 Å². The van der Waals surface area contributed by atoms with E-state index in [0.717, 1.165) is 0 Å². The van der Waals surface area contributed by atoms with Gasteiger partial charge in [0.2, 0.25) is 5.91 Å². The first kappa shape index (κ1) is 16.5. The molecule has 8 heteroatoms. The number of hydrogen-bond donors (Lipinski definition) is 3. The fourth-order valence-electron chi connectivity index (χ4n) is 2.15. The van der Waals surface area contributed by atoms with Gasteiger partial charge in [-0.2, -0.15) is 0 Å². The second-order valence-electron chi connectivity index (χ2n) is 5.06. The Kier molecular flexibility index (Phi) is 5.29. The van der Waals surface area contributed by atoms with Crippen molar-refractivity contribution in [3.05, 3.63) is 29.8 Å². The lowest BCUT2D eigenvalue weighted by Crippen LogP contribution is -2.49. The molecule has 1 heterocycles. The van der Waals surface area contributed by atoms with Crippen LogP contribution in [0.2, 0.25) is 0 Å². The predicted octanol–water partition coefficient (Wildman–Crippen LogP) is 0.728. The number of nitrogens with one attached hydrogen (secondary N) is 2. The molecule has 4 amide bonds. The lowest BCUT2D eigenvalue weighted by molar-refractivity contribution is -0.137. The van der Waals surface area contributed by atoms with E-state index in [9.17, 15) is 19.2 Å². The summed E-state index contributed by atoms with van der Waals surface area (Å²) in [4.78, 5) is 46.5. The van der Waals surface area contributed by atoms with E-state index in [2.05, 4.69) is 10.6 Å². The van der Waals surface area contributed by atoms with Crippen molar-refractivity contribution in [2.75, 3.05) is 18.0 Å². The van der Waals surface area contributed by atoms with Gasteiger partial charge in [-0.1, -0.05) is 0 Å². The number of amides is 4. The number of benzene rings is 1. The molecule has 23 heavy (non-hydrogen) atoms. The van der Waals surface area contributed by atoms with Crippen molar-refractivity contribution in [2.24, 2.45) is 0 Å². The van der Waals surface area contributed by atoms with Crippen molar-refractivity contribution in [2.45, 2.75) is 19.3 Å². The third kappa shape index (κ3) is 4.53. The van der Waals surface area contributed by atoms with Gasteiger partial charge in [-0.15, -0.1) is 0 Å². The highest BCUT2D eigenvalue weighted by Crippen LogP contribution is 2.17. The molecule has 0 radical (unpaired) electrons. The number of carbonyl (C=O) groups is 4. The second kappa shape index (κ2) is 7.39. The van der Waals surface area contributed by atoms with Gasteiger partial charge in [-0.25, -0.2) is 4.79 Å². The smallest absolute Gasteiger partial charge is 0.328 e. The van der Waals surface area contributed by atoms with Gasteiger partial charge in [0.15, 0.2) is 0 Å². The zero-order valence-electron chi connectivity index (χ0n) is 12.4. The highest BCUT2D eigenvalue weighted by Gasteiger charge is 2.24. The Morgan fingerprint density at radius 3 is 2.52 bits per heavy atom. The van der Waals surface area contributed by atoms with Crippen LogP contribution in [0.25, 0.3) is 0 Å². The number of rotatable bonds is 6. The quantitative estimate of drug-likeness (QED) is 0.668. The maximum Gasteiger partial charge on any atom is 0.328 e. The molecule has 1 aliphatic heterocycles. The summed E-state index contributed by atoms with van der Waals surface area (Å²) in [5.41, 5.74) is 1.01. The average Bonchev–Trinajstić information content (AvgIpc) is 2.51. The van der Waals surface area contributed by atoms with Gasteiger partial charge >= 0.3 is 12.0 Å². The first-order valence-corrected chi connectivity index (χ1v) is 7.19. The molecule has 0 saturated carbocycles. The van der Waals surface area contributed by atoms with E-state index in [-0.39, 0.29) is 31.2 Å². The molecule has 0 bridgehead atoms. The van der Waals surface area contributed by atoms with E-state index >= 15 is 0 Å². The summed E-state index contributed by atoms with van der Waals surface area (Å²) in [7, 11) is 0. The summed E-state index contributed by atoms with van der Waals surface area (Å²) in [5, 5.41) is 13.4. The minimum atomic E-state index is -0.901. The van der Waals surface area contributed by atoms with Gasteiger partial charge in [0.05, 0.1) is 0 Å². The van der Waals surface area contributed by atoms with Gasteiger partial charge in [0, 0.05) is 37.2 Å². The maximum atomic E-state index is 11.9. The third-order valence-corrected chi connectivity index (χ3v) is 3.35. The number of carboxylic acid groups (broad SMARTS) is 1. The monoisotopic (exact) mass is 319 g/mol. The van der Waals surface area contributed by atoms with E-state index in [1.807, 2.05) is 0 Å². The number of aliphatic carboxylic acids is 1. The zero-order chi connectivity index (χ0) is 16.8. The van der Waals surface area contributed by atoms with Gasteiger partial charge in [0.1, 0.15) is 0 Å². The summed E-state index contributed by atoms with van der Waals surface area (Å²) in [5.74, 6) is -1.51. The molecule has 0 aliphatic carbocycles. The lowest BCUT2D eigenvalue weighted by Gasteiger charge is -2.26. The summed E-state index contributed by atoms with van der Waals surface area (Å²) in [6.07, 6.45) is 0.598. The van der Waals surface area contributed by atoms with E-state index in [0.29, 0.717) is 24.2 Å². The summed E-state index contributed by atoms with van der Waals surface area (Å²) >= 11 is 0. The van der Waals surface area contributed by atoms with Crippen LogP contribution < -0.4 is 15.5 Å². The van der Waals surface area contributed by atoms with Crippen LogP contribution in [0, 0.1) is 0 Å². The van der Waals surface area contributed by atoms with E-state index in [1.54, 1.807) is 24.3 Å². The zero-order valence-corrected chi connectivity index (χ0v) is 12.4. The molecule has 1 aromatic rings. The molecule has 1 fully saturated rings. The molecule has 2 rings (SSSR count). The Balaban J connectivity index is 1.91. The Hall–Kier alpha value is -2.90. The first-order chi connectivity index (χ1) is 11.0. The number of hydrogen-bond acceptors (Lipinski definition) is 4. The molecule has 3 N–H and O–H groups in total. The maximum absolute atomic E-state index is 11.9. The second-order valence-corrected chi connectivity index (χ2v) is 5.06. The molecular weight excluding hydrogens is 302 g/mol. The molecule has 122 valence electrons. The van der Waals surface area contributed by atoms with Crippen LogP contribution in [0.4, 0.5) is 10.5 Å². The number of carboxylic acids is 1. The number of nitrogens with zero attached hydrogens (tertiary/aromatic N) is 1. The molecule has 8 nitrogen and oxygen atoms in total. The molecule has 0 spiro atoms. The first-order valence-electron chi connectivity index (χ1n) is 7.19. The van der Waals surface area contributed by atoms with Gasteiger partial charge in [-0.3, -0.25) is 24.6 Å². The van der Waals surface area contributed by atoms with Crippen LogP contribution in [0.3, 0.4) is 0 Å². The Labute approximate surface area is 132 Å². The minimum Gasteiger partial charge on any atom is -0.481 e. The topological polar surface area (TPSA) is 116 Å². The summed E-state index contributed by atoms with van der Waals surface area (Å²) in [6.45, 7) is 0.578. The Morgan fingerprint density at radius 2 is 1.91 bits per heavy atom. The number of carbonyl (C=O) groups excluding carboxylic acids is 3. The summed E-state index contributed by atoms with van der Waals surface area (Å²) in [6, 6.07) is 5.92. The molecule has 1 saturated heterocycles. The van der Waals surface area contributed by atoms with Crippen LogP contribution in [-0.2, 0) is 9.59 Å². The molecule has 0 atom stereocenters. The normalized spacial score (nSPS) is 14.3. The highest BCUT2D eigenvalue weighted by atomic mass is 16.4. The van der Waals surface area contributed by atoms with E-state index in [4.69, 9.17) is 5.11 Å². The van der Waals surface area contributed by atoms with Crippen molar-refractivity contribution in [3.8, 4) is 0 Å². The van der Waals surface area contributed by atoms with Gasteiger partial charge in [-0.05, 0) is 30.7 Å². The Morgan fingerprint density at radius 1 is 1.22 bits per heavy atom. The fraction of sp³-hybridized carbons (Fsp3) is 0.333. The van der Waals surface area contributed by atoms with Crippen molar-refractivity contribution >= 4 is 29.5 Å². The summed E-state index contributed by atoms with van der Waals surface area (Å²) < 4.78 is 0.